The van der Waals surface area contributed by atoms with Crippen molar-refractivity contribution in [1.82, 2.24) is 0 Å². The van der Waals surface area contributed by atoms with E-state index in [1.165, 1.54) is 19.3 Å². The van der Waals surface area contributed by atoms with Crippen molar-refractivity contribution in [3.63, 3.8) is 0 Å². The normalized spacial score (nSPS) is 36.4. The molecule has 0 heterocycles. The molecule has 0 aromatic carbocycles. The quantitative estimate of drug-likeness (QED) is 0.539. The lowest BCUT2D eigenvalue weighted by atomic mass is 9.79. The number of esters is 1. The Morgan fingerprint density at radius 3 is 2.62 bits per heavy atom. The van der Waals surface area contributed by atoms with Crippen molar-refractivity contribution in [1.29, 1.82) is 0 Å². The Morgan fingerprint density at radius 1 is 1.38 bits per heavy atom. The molecule has 0 saturated heterocycles. The van der Waals surface area contributed by atoms with E-state index in [1.54, 1.807) is 6.92 Å². The third-order valence-corrected chi connectivity index (χ3v) is 4.57. The van der Waals surface area contributed by atoms with Gasteiger partial charge in [0.2, 0.25) is 0 Å². The van der Waals surface area contributed by atoms with Crippen LogP contribution in [0.1, 0.15) is 39.5 Å². The summed E-state index contributed by atoms with van der Waals surface area (Å²) in [7, 11) is 0. The fourth-order valence-electron chi connectivity index (χ4n) is 3.61. The van der Waals surface area contributed by atoms with E-state index in [9.17, 15) is 4.79 Å². The van der Waals surface area contributed by atoms with E-state index in [-0.39, 0.29) is 5.97 Å². The smallest absolute Gasteiger partial charge is 0.333 e. The van der Waals surface area contributed by atoms with Gasteiger partial charge in [-0.3, -0.25) is 0 Å². The van der Waals surface area contributed by atoms with Crippen molar-refractivity contribution >= 4 is 5.97 Å². The van der Waals surface area contributed by atoms with Crippen LogP contribution in [0.15, 0.2) is 12.2 Å². The fourth-order valence-corrected chi connectivity index (χ4v) is 3.61. The van der Waals surface area contributed by atoms with Gasteiger partial charge in [-0.1, -0.05) is 13.5 Å². The van der Waals surface area contributed by atoms with E-state index in [0.717, 1.165) is 30.1 Å². The van der Waals surface area contributed by atoms with Crippen LogP contribution in [0.25, 0.3) is 0 Å². The number of carbonyl (C=O) groups excluding carboxylic acids is 1. The van der Waals surface area contributed by atoms with E-state index in [2.05, 4.69) is 13.5 Å². The predicted octanol–water partition coefficient (Wildman–Crippen LogP) is 3.18. The Kier molecular flexibility index (Phi) is 3.36. The number of hydrogen-bond donors (Lipinski definition) is 0. The average molecular weight is 222 g/mol. The lowest BCUT2D eigenvalue weighted by molar-refractivity contribution is -0.139. The average Bonchev–Trinajstić information content (AvgIpc) is 2.80. The Hall–Kier alpha value is -0.790. The lowest BCUT2D eigenvalue weighted by Crippen LogP contribution is -2.22. The molecule has 0 spiro atoms. The van der Waals surface area contributed by atoms with Crippen LogP contribution in [0.2, 0.25) is 0 Å². The van der Waals surface area contributed by atoms with Gasteiger partial charge >= 0.3 is 5.97 Å². The Morgan fingerprint density at radius 2 is 2.06 bits per heavy atom. The second-order valence-electron chi connectivity index (χ2n) is 5.56. The van der Waals surface area contributed by atoms with Crippen LogP contribution in [-0.4, -0.2) is 12.6 Å². The van der Waals surface area contributed by atoms with Crippen molar-refractivity contribution in [2.75, 3.05) is 6.61 Å². The molecule has 2 nitrogen and oxygen atoms in total. The first-order valence-corrected chi connectivity index (χ1v) is 6.42. The van der Waals surface area contributed by atoms with Gasteiger partial charge in [0.25, 0.3) is 0 Å². The molecule has 0 amide bonds. The molecule has 2 heteroatoms. The first kappa shape index (κ1) is 11.7. The number of hydrogen-bond acceptors (Lipinski definition) is 2. The maximum absolute atomic E-state index is 11.2. The minimum absolute atomic E-state index is 0.240. The monoisotopic (exact) mass is 222 g/mol. The van der Waals surface area contributed by atoms with E-state index in [0.29, 0.717) is 12.2 Å². The second kappa shape index (κ2) is 4.60. The molecular weight excluding hydrogens is 200 g/mol. The molecule has 0 aromatic heterocycles. The molecule has 4 unspecified atom stereocenters. The van der Waals surface area contributed by atoms with Crippen LogP contribution in [0.3, 0.4) is 0 Å². The summed E-state index contributed by atoms with van der Waals surface area (Å²) in [5.74, 6) is 3.24. The van der Waals surface area contributed by atoms with Gasteiger partial charge < -0.3 is 4.74 Å². The van der Waals surface area contributed by atoms with Gasteiger partial charge in [0.05, 0.1) is 6.61 Å². The molecule has 16 heavy (non-hydrogen) atoms. The van der Waals surface area contributed by atoms with Gasteiger partial charge in [-0.15, -0.1) is 0 Å². The van der Waals surface area contributed by atoms with E-state index >= 15 is 0 Å². The van der Waals surface area contributed by atoms with Crippen LogP contribution < -0.4 is 0 Å². The lowest BCUT2D eigenvalue weighted by Gasteiger charge is -2.27. The molecular formula is C14H22O2. The highest BCUT2D eigenvalue weighted by Gasteiger charge is 2.44. The first-order chi connectivity index (χ1) is 7.59. The predicted molar refractivity (Wildman–Crippen MR) is 63.9 cm³/mol. The largest absolute Gasteiger partial charge is 0.462 e. The third-order valence-electron chi connectivity index (χ3n) is 4.57. The minimum atomic E-state index is -0.240. The molecule has 0 N–H and O–H groups in total. The van der Waals surface area contributed by atoms with Crippen molar-refractivity contribution in [3.8, 4) is 0 Å². The van der Waals surface area contributed by atoms with E-state index in [1.807, 2.05) is 0 Å². The summed E-state index contributed by atoms with van der Waals surface area (Å²) in [4.78, 5) is 11.2. The highest BCUT2D eigenvalue weighted by atomic mass is 16.5. The molecule has 0 radical (unpaired) electrons. The van der Waals surface area contributed by atoms with Gasteiger partial charge in [0.15, 0.2) is 0 Å². The minimum Gasteiger partial charge on any atom is -0.462 e. The Bertz CT molecular complexity index is 293. The van der Waals surface area contributed by atoms with Gasteiger partial charge in [-0.2, -0.15) is 0 Å². The van der Waals surface area contributed by atoms with Crippen LogP contribution in [0, 0.1) is 23.7 Å². The highest BCUT2D eigenvalue weighted by molar-refractivity contribution is 5.86. The molecule has 2 fully saturated rings. The zero-order valence-electron chi connectivity index (χ0n) is 10.4. The Labute approximate surface area is 98.1 Å². The SMILES string of the molecule is C=C(C)C(=O)OCCC1C2CCC(C2)C1C. The zero-order chi connectivity index (χ0) is 11.7. The summed E-state index contributed by atoms with van der Waals surface area (Å²) in [6, 6.07) is 0. The number of carbonyl (C=O) groups is 1. The molecule has 90 valence electrons. The maximum Gasteiger partial charge on any atom is 0.333 e. The molecule has 2 aliphatic rings. The van der Waals surface area contributed by atoms with Gasteiger partial charge in [0, 0.05) is 5.57 Å². The van der Waals surface area contributed by atoms with Gasteiger partial charge in [-0.25, -0.2) is 4.79 Å². The van der Waals surface area contributed by atoms with Gasteiger partial charge in [0.1, 0.15) is 0 Å². The molecule has 0 aromatic rings. The van der Waals surface area contributed by atoms with E-state index < -0.39 is 0 Å². The second-order valence-corrected chi connectivity index (χ2v) is 5.56. The topological polar surface area (TPSA) is 26.3 Å². The molecule has 0 aliphatic heterocycles. The molecule has 2 saturated carbocycles. The zero-order valence-corrected chi connectivity index (χ0v) is 10.4. The molecule has 4 atom stereocenters. The summed E-state index contributed by atoms with van der Waals surface area (Å²) in [5, 5.41) is 0. The summed E-state index contributed by atoms with van der Waals surface area (Å²) in [5.41, 5.74) is 0.501. The summed E-state index contributed by atoms with van der Waals surface area (Å²) < 4.78 is 5.18. The standard InChI is InChI=1S/C14H22O2/c1-9(2)14(15)16-7-6-13-10(3)11-4-5-12(13)8-11/h10-13H,1,4-8H2,2-3H3. The summed E-state index contributed by atoms with van der Waals surface area (Å²) in [6.07, 6.45) is 5.28. The molecule has 2 rings (SSSR count). The highest BCUT2D eigenvalue weighted by Crippen LogP contribution is 2.53. The summed E-state index contributed by atoms with van der Waals surface area (Å²) >= 11 is 0. The first-order valence-electron chi connectivity index (χ1n) is 6.42. The summed E-state index contributed by atoms with van der Waals surface area (Å²) in [6.45, 7) is 8.22. The van der Waals surface area contributed by atoms with Gasteiger partial charge in [-0.05, 0) is 56.3 Å². The number of fused-ring (bicyclic) bond motifs is 2. The van der Waals surface area contributed by atoms with Crippen molar-refractivity contribution in [3.05, 3.63) is 12.2 Å². The van der Waals surface area contributed by atoms with E-state index in [4.69, 9.17) is 4.74 Å². The van der Waals surface area contributed by atoms with Crippen LogP contribution in [-0.2, 0) is 9.53 Å². The van der Waals surface area contributed by atoms with Crippen molar-refractivity contribution in [2.24, 2.45) is 23.7 Å². The van der Waals surface area contributed by atoms with Crippen LogP contribution in [0.4, 0.5) is 0 Å². The number of ether oxygens (including phenoxy) is 1. The van der Waals surface area contributed by atoms with Crippen LogP contribution in [0.5, 0.6) is 0 Å². The van der Waals surface area contributed by atoms with Crippen molar-refractivity contribution in [2.45, 2.75) is 39.5 Å². The van der Waals surface area contributed by atoms with Crippen LogP contribution >= 0.6 is 0 Å². The Balaban J connectivity index is 1.75. The van der Waals surface area contributed by atoms with Crippen molar-refractivity contribution < 1.29 is 9.53 Å². The third kappa shape index (κ3) is 2.16. The number of rotatable bonds is 4. The molecule has 2 bridgehead atoms. The fraction of sp³-hybridized carbons (Fsp3) is 0.786. The maximum atomic E-state index is 11.2. The molecule has 2 aliphatic carbocycles.